The number of carbonyl (C=O) groups excluding carboxylic acids is 2. The molecular formula is C27H26N2O5. The van der Waals surface area contributed by atoms with Crippen LogP contribution in [-0.4, -0.2) is 37.6 Å². The molecule has 0 saturated carbocycles. The van der Waals surface area contributed by atoms with E-state index in [0.29, 0.717) is 18.7 Å². The summed E-state index contributed by atoms with van der Waals surface area (Å²) < 4.78 is 15.6. The van der Waals surface area contributed by atoms with Gasteiger partial charge in [0.05, 0.1) is 43.9 Å². The summed E-state index contributed by atoms with van der Waals surface area (Å²) in [6, 6.07) is 19.9. The van der Waals surface area contributed by atoms with Gasteiger partial charge < -0.3 is 19.2 Å². The van der Waals surface area contributed by atoms with Crippen molar-refractivity contribution in [2.75, 3.05) is 26.1 Å². The van der Waals surface area contributed by atoms with Crippen LogP contribution < -0.4 is 5.32 Å². The minimum Gasteiger partial charge on any atom is -0.472 e. The van der Waals surface area contributed by atoms with E-state index in [9.17, 15) is 9.59 Å². The van der Waals surface area contributed by atoms with Crippen LogP contribution in [0.2, 0.25) is 0 Å². The van der Waals surface area contributed by atoms with Crippen molar-refractivity contribution in [3.63, 3.8) is 0 Å². The van der Waals surface area contributed by atoms with E-state index in [2.05, 4.69) is 28.4 Å². The number of hydrogen-bond donors (Lipinski definition) is 1. The summed E-state index contributed by atoms with van der Waals surface area (Å²) in [4.78, 5) is 28.2. The van der Waals surface area contributed by atoms with Crippen LogP contribution in [0.3, 0.4) is 0 Å². The zero-order chi connectivity index (χ0) is 23.7. The molecular weight excluding hydrogens is 432 g/mol. The largest absolute Gasteiger partial charge is 0.472 e. The molecule has 2 unspecified atom stereocenters. The summed E-state index contributed by atoms with van der Waals surface area (Å²) in [6.07, 6.45) is 4.08. The quantitative estimate of drug-likeness (QED) is 0.266. The number of nitrogens with one attached hydrogen (secondary N) is 1. The average Bonchev–Trinajstić information content (AvgIpc) is 3.59. The number of rotatable bonds is 5. The molecule has 34 heavy (non-hydrogen) atoms. The number of para-hydroxylation sites is 1. The lowest BCUT2D eigenvalue weighted by Crippen LogP contribution is -2.38. The van der Waals surface area contributed by atoms with E-state index < -0.39 is 17.4 Å². The number of carbonyl (C=O) groups is 2. The number of fused-ring (bicyclic) bond motifs is 2. The molecule has 1 spiro atoms. The number of anilines is 1. The van der Waals surface area contributed by atoms with Gasteiger partial charge in [-0.25, -0.2) is 9.59 Å². The van der Waals surface area contributed by atoms with Crippen molar-refractivity contribution in [2.45, 2.75) is 24.4 Å². The molecule has 3 aromatic rings. The Morgan fingerprint density at radius 3 is 2.41 bits per heavy atom. The van der Waals surface area contributed by atoms with Crippen LogP contribution in [0.15, 0.2) is 88.9 Å². The molecule has 1 aromatic heterocycles. The highest BCUT2D eigenvalue weighted by Gasteiger charge is 2.58. The van der Waals surface area contributed by atoms with E-state index in [1.807, 2.05) is 42.5 Å². The van der Waals surface area contributed by atoms with Crippen LogP contribution in [0.5, 0.6) is 0 Å². The van der Waals surface area contributed by atoms with Gasteiger partial charge >= 0.3 is 11.9 Å². The molecule has 2 aromatic carbocycles. The Morgan fingerprint density at radius 1 is 1.03 bits per heavy atom. The molecule has 7 heteroatoms. The van der Waals surface area contributed by atoms with Crippen molar-refractivity contribution in [3.8, 4) is 0 Å². The second-order valence-corrected chi connectivity index (χ2v) is 8.54. The number of nitrogens with zero attached hydrogens (tertiary/aromatic N) is 1. The van der Waals surface area contributed by atoms with Gasteiger partial charge in [-0.2, -0.15) is 0 Å². The van der Waals surface area contributed by atoms with Gasteiger partial charge in [0.2, 0.25) is 0 Å². The van der Waals surface area contributed by atoms with Gasteiger partial charge in [-0.3, -0.25) is 4.90 Å². The molecule has 3 heterocycles. The summed E-state index contributed by atoms with van der Waals surface area (Å²) in [5, 5.41) is 3.39. The van der Waals surface area contributed by atoms with E-state index in [-0.39, 0.29) is 11.6 Å². The summed E-state index contributed by atoms with van der Waals surface area (Å²) in [6.45, 7) is 1.46. The topological polar surface area (TPSA) is 81.0 Å². The Hall–Kier alpha value is -3.84. The molecule has 2 aliphatic heterocycles. The van der Waals surface area contributed by atoms with Crippen LogP contribution in [-0.2, 0) is 31.0 Å². The van der Waals surface area contributed by atoms with E-state index in [4.69, 9.17) is 13.9 Å². The molecule has 7 nitrogen and oxygen atoms in total. The molecule has 1 N–H and O–H groups in total. The van der Waals surface area contributed by atoms with E-state index in [1.54, 1.807) is 12.5 Å². The molecule has 2 atom stereocenters. The highest BCUT2D eigenvalue weighted by Crippen LogP contribution is 2.59. The van der Waals surface area contributed by atoms with Crippen LogP contribution in [0.25, 0.3) is 0 Å². The molecule has 174 valence electrons. The normalized spacial score (nSPS) is 21.2. The van der Waals surface area contributed by atoms with Gasteiger partial charge in [0.15, 0.2) is 5.57 Å². The first-order valence-corrected chi connectivity index (χ1v) is 11.2. The Bertz CT molecular complexity index is 1220. The lowest BCUT2D eigenvalue weighted by atomic mass is 9.70. The zero-order valence-corrected chi connectivity index (χ0v) is 19.1. The third-order valence-electron chi connectivity index (χ3n) is 6.86. The average molecular weight is 459 g/mol. The van der Waals surface area contributed by atoms with Gasteiger partial charge in [-0.1, -0.05) is 48.5 Å². The molecule has 0 radical (unpaired) electrons. The maximum absolute atomic E-state index is 12.9. The van der Waals surface area contributed by atoms with Crippen LogP contribution in [0.4, 0.5) is 5.69 Å². The van der Waals surface area contributed by atoms with Crippen molar-refractivity contribution in [2.24, 2.45) is 0 Å². The first kappa shape index (κ1) is 22.0. The molecule has 0 amide bonds. The number of furan rings is 1. The fraction of sp³-hybridized carbons (Fsp3) is 0.259. The molecule has 5 rings (SSSR count). The van der Waals surface area contributed by atoms with E-state index >= 15 is 0 Å². The standard InChI is InChI=1S/C27H26N2O5/c1-32-25(30)22(26(31)33-2)23-27(20-10-6-7-11-21(20)28-23)13-14-29(16-18-8-4-3-5-9-18)24(27)19-12-15-34-17-19/h3-12,15,17,24,28H,13-14,16H2,1-2H3. The third-order valence-corrected chi connectivity index (χ3v) is 6.86. The summed E-state index contributed by atoms with van der Waals surface area (Å²) in [5.74, 6) is -1.46. The molecule has 0 aliphatic carbocycles. The SMILES string of the molecule is COC(=O)C(C(=O)OC)=C1Nc2ccccc2C12CCN(Cc1ccccc1)C2c1ccoc1. The smallest absolute Gasteiger partial charge is 0.347 e. The number of benzene rings is 2. The Morgan fingerprint density at radius 2 is 1.74 bits per heavy atom. The van der Waals surface area contributed by atoms with Crippen molar-refractivity contribution < 1.29 is 23.5 Å². The lowest BCUT2D eigenvalue weighted by molar-refractivity contribution is -0.144. The Labute approximate surface area is 198 Å². The van der Waals surface area contributed by atoms with Gasteiger partial charge in [0.1, 0.15) is 0 Å². The van der Waals surface area contributed by atoms with Gasteiger partial charge in [0, 0.05) is 24.3 Å². The monoisotopic (exact) mass is 458 g/mol. The highest BCUT2D eigenvalue weighted by molar-refractivity contribution is 6.15. The Balaban J connectivity index is 1.74. The summed E-state index contributed by atoms with van der Waals surface area (Å²) >= 11 is 0. The van der Waals surface area contributed by atoms with Crippen molar-refractivity contribution in [3.05, 3.63) is 101 Å². The second-order valence-electron chi connectivity index (χ2n) is 8.54. The number of hydrogen-bond acceptors (Lipinski definition) is 7. The summed E-state index contributed by atoms with van der Waals surface area (Å²) in [7, 11) is 2.54. The fourth-order valence-corrected chi connectivity index (χ4v) is 5.49. The number of likely N-dealkylation sites (tertiary alicyclic amines) is 1. The van der Waals surface area contributed by atoms with Crippen LogP contribution in [0, 0.1) is 0 Å². The maximum Gasteiger partial charge on any atom is 0.347 e. The molecule has 1 saturated heterocycles. The predicted molar refractivity (Wildman–Crippen MR) is 126 cm³/mol. The van der Waals surface area contributed by atoms with E-state index in [0.717, 1.165) is 23.4 Å². The lowest BCUT2D eigenvalue weighted by Gasteiger charge is -2.36. The summed E-state index contributed by atoms with van der Waals surface area (Å²) in [5.41, 5.74) is 3.73. The van der Waals surface area contributed by atoms with Gasteiger partial charge in [0.25, 0.3) is 0 Å². The van der Waals surface area contributed by atoms with Crippen molar-refractivity contribution >= 4 is 17.6 Å². The fourth-order valence-electron chi connectivity index (χ4n) is 5.49. The molecule has 1 fully saturated rings. The minimum atomic E-state index is -0.728. The Kier molecular flexibility index (Phi) is 5.71. The van der Waals surface area contributed by atoms with E-state index in [1.165, 1.54) is 19.8 Å². The molecule has 2 aliphatic rings. The first-order valence-electron chi connectivity index (χ1n) is 11.2. The number of methoxy groups -OCH3 is 2. The maximum atomic E-state index is 12.9. The van der Waals surface area contributed by atoms with Crippen LogP contribution >= 0.6 is 0 Å². The second kappa shape index (κ2) is 8.83. The number of esters is 2. The first-order chi connectivity index (χ1) is 16.6. The van der Waals surface area contributed by atoms with Crippen LogP contribution in [0.1, 0.15) is 29.2 Å². The number of ether oxygens (including phenoxy) is 2. The third kappa shape index (κ3) is 3.40. The van der Waals surface area contributed by atoms with Crippen molar-refractivity contribution in [1.29, 1.82) is 0 Å². The zero-order valence-electron chi connectivity index (χ0n) is 19.1. The van der Waals surface area contributed by atoms with Crippen molar-refractivity contribution in [1.82, 2.24) is 4.90 Å². The minimum absolute atomic E-state index is 0.115. The van der Waals surface area contributed by atoms with Gasteiger partial charge in [-0.15, -0.1) is 0 Å². The van der Waals surface area contributed by atoms with Gasteiger partial charge in [-0.05, 0) is 29.7 Å². The molecule has 0 bridgehead atoms. The predicted octanol–water partition coefficient (Wildman–Crippen LogP) is 4.19. The highest BCUT2D eigenvalue weighted by atomic mass is 16.5.